The Kier molecular flexibility index (Phi) is 13.4. The van der Waals surface area contributed by atoms with E-state index in [1.165, 1.54) is 11.8 Å². The van der Waals surface area contributed by atoms with Crippen LogP contribution in [0.4, 0.5) is 4.79 Å². The molecule has 0 saturated carbocycles. The number of aliphatic hydroxyl groups excluding tert-OH is 1. The van der Waals surface area contributed by atoms with Crippen molar-refractivity contribution in [3.63, 3.8) is 0 Å². The minimum Gasteiger partial charge on any atom is -0.462 e. The second-order valence-corrected chi connectivity index (χ2v) is 10.8. The van der Waals surface area contributed by atoms with Gasteiger partial charge in [0.05, 0.1) is 13.1 Å². The monoisotopic (exact) mass is 603 g/mol. The van der Waals surface area contributed by atoms with Crippen LogP contribution in [0.1, 0.15) is 31.9 Å². The van der Waals surface area contributed by atoms with Gasteiger partial charge in [-0.25, -0.2) is 14.4 Å². The van der Waals surface area contributed by atoms with Gasteiger partial charge in [0.1, 0.15) is 19.3 Å². The van der Waals surface area contributed by atoms with E-state index in [0.717, 1.165) is 22.3 Å². The second-order valence-electron chi connectivity index (χ2n) is 10.8. The first-order valence-corrected chi connectivity index (χ1v) is 14.6. The van der Waals surface area contributed by atoms with Gasteiger partial charge in [-0.3, -0.25) is 4.79 Å². The Morgan fingerprint density at radius 3 is 2.00 bits per heavy atom. The van der Waals surface area contributed by atoms with Crippen molar-refractivity contribution in [1.29, 1.82) is 0 Å². The van der Waals surface area contributed by atoms with Crippen LogP contribution in [0.3, 0.4) is 0 Å². The molecule has 0 bridgehead atoms. The number of ether oxygens (including phenoxy) is 2. The number of esters is 2. The minimum atomic E-state index is -1.59. The molecule has 3 aromatic carbocycles. The molecule has 44 heavy (non-hydrogen) atoms. The number of nitrogens with zero attached hydrogens (tertiary/aromatic N) is 1. The van der Waals surface area contributed by atoms with Gasteiger partial charge >= 0.3 is 18.0 Å². The molecule has 3 amide bonds. The van der Waals surface area contributed by atoms with Gasteiger partial charge in [0.25, 0.3) is 0 Å². The van der Waals surface area contributed by atoms with E-state index in [0.29, 0.717) is 0 Å². The molecule has 0 saturated heterocycles. The van der Waals surface area contributed by atoms with E-state index in [1.807, 2.05) is 86.6 Å². The molecule has 0 aliphatic heterocycles. The van der Waals surface area contributed by atoms with Crippen LogP contribution in [0.5, 0.6) is 0 Å². The predicted molar refractivity (Wildman–Crippen MR) is 166 cm³/mol. The summed E-state index contributed by atoms with van der Waals surface area (Å²) in [5.74, 6) is -1.79. The number of amides is 3. The lowest BCUT2D eigenvalue weighted by molar-refractivity contribution is -0.155. The van der Waals surface area contributed by atoms with E-state index in [2.05, 4.69) is 10.6 Å². The number of hydrogen-bond acceptors (Lipinski definition) is 7. The summed E-state index contributed by atoms with van der Waals surface area (Å²) in [4.78, 5) is 51.6. The summed E-state index contributed by atoms with van der Waals surface area (Å²) in [5, 5.41) is 15.9. The zero-order chi connectivity index (χ0) is 31.9. The van der Waals surface area contributed by atoms with E-state index in [-0.39, 0.29) is 51.1 Å². The number of carbonyl (C=O) groups excluding carboxylic acids is 4. The third-order valence-corrected chi connectivity index (χ3v) is 6.57. The number of rotatable bonds is 15. The molecule has 2 atom stereocenters. The maximum atomic E-state index is 13.5. The largest absolute Gasteiger partial charge is 0.462 e. The van der Waals surface area contributed by atoms with Crippen molar-refractivity contribution in [2.24, 2.45) is 5.92 Å². The number of carbonyl (C=O) groups is 4. The summed E-state index contributed by atoms with van der Waals surface area (Å²) in [5.41, 5.74) is 3.60. The fraction of sp³-hybridized carbons (Fsp3) is 0.353. The van der Waals surface area contributed by atoms with Crippen LogP contribution in [-0.4, -0.2) is 72.3 Å². The smallest absolute Gasteiger partial charge is 0.337 e. The normalized spacial score (nSPS) is 12.1. The van der Waals surface area contributed by atoms with Gasteiger partial charge in [0, 0.05) is 19.9 Å². The zero-order valence-electron chi connectivity index (χ0n) is 25.4. The highest BCUT2D eigenvalue weighted by Gasteiger charge is 2.29. The quantitative estimate of drug-likeness (QED) is 0.178. The maximum absolute atomic E-state index is 13.5. The van der Waals surface area contributed by atoms with E-state index < -0.39 is 30.1 Å². The van der Waals surface area contributed by atoms with Crippen molar-refractivity contribution < 1.29 is 33.8 Å². The third kappa shape index (κ3) is 11.5. The maximum Gasteiger partial charge on any atom is 0.337 e. The topological polar surface area (TPSA) is 134 Å². The molecular weight excluding hydrogens is 562 g/mol. The highest BCUT2D eigenvalue weighted by molar-refractivity contribution is 5.84. The molecule has 0 unspecified atom stereocenters. The van der Waals surface area contributed by atoms with Crippen LogP contribution >= 0.6 is 0 Å². The van der Waals surface area contributed by atoms with Gasteiger partial charge in [0.2, 0.25) is 5.91 Å². The Bertz CT molecular complexity index is 1350. The summed E-state index contributed by atoms with van der Waals surface area (Å²) >= 11 is 0. The molecule has 10 heteroatoms. The van der Waals surface area contributed by atoms with Crippen molar-refractivity contribution >= 4 is 23.9 Å². The Hall–Kier alpha value is -4.70. The zero-order valence-corrected chi connectivity index (χ0v) is 25.4. The molecular formula is C34H41N3O7. The molecule has 0 heterocycles. The molecule has 0 fully saturated rings. The lowest BCUT2D eigenvalue weighted by Gasteiger charge is -2.28. The first-order valence-electron chi connectivity index (χ1n) is 14.6. The summed E-state index contributed by atoms with van der Waals surface area (Å²) in [6.45, 7) is 5.08. The van der Waals surface area contributed by atoms with Crippen LogP contribution in [0.25, 0.3) is 11.1 Å². The first-order chi connectivity index (χ1) is 21.1. The molecule has 0 aliphatic rings. The van der Waals surface area contributed by atoms with Crippen molar-refractivity contribution in [2.75, 3.05) is 26.2 Å². The van der Waals surface area contributed by atoms with Crippen molar-refractivity contribution in [3.05, 3.63) is 96.1 Å². The molecule has 10 nitrogen and oxygen atoms in total. The van der Waals surface area contributed by atoms with Gasteiger partial charge < -0.3 is 30.1 Å². The van der Waals surface area contributed by atoms with Crippen molar-refractivity contribution in [3.8, 4) is 11.1 Å². The first kappa shape index (κ1) is 33.8. The molecule has 0 aromatic heterocycles. The fourth-order valence-electron chi connectivity index (χ4n) is 4.40. The molecule has 0 radical (unpaired) electrons. The lowest BCUT2D eigenvalue weighted by atomic mass is 10.0. The third-order valence-electron chi connectivity index (χ3n) is 6.57. The standard InChI is InChI=1S/C34H41N3O7/c1-24(2)21-37(22-31(39)33(41)44-23-27-10-6-4-7-11-27)34(42)36-30(32(40)43-19-18-35-25(3)38)20-26-14-16-29(17-15-26)28-12-8-5-9-13-28/h4-17,24,30-31,39H,18-23H2,1-3H3,(H,35,38)(H,36,42)/t30-,31-/m0/s1. The van der Waals surface area contributed by atoms with Crippen molar-refractivity contribution in [2.45, 2.75) is 45.9 Å². The van der Waals surface area contributed by atoms with Gasteiger partial charge in [-0.2, -0.15) is 0 Å². The molecule has 0 aliphatic carbocycles. The molecule has 234 valence electrons. The number of hydrogen-bond donors (Lipinski definition) is 3. The lowest BCUT2D eigenvalue weighted by Crippen LogP contribution is -2.52. The molecule has 3 N–H and O–H groups in total. The summed E-state index contributed by atoms with van der Waals surface area (Å²) < 4.78 is 10.6. The molecule has 0 spiro atoms. The van der Waals surface area contributed by atoms with Gasteiger partial charge in [-0.15, -0.1) is 0 Å². The number of urea groups is 1. The average molecular weight is 604 g/mol. The van der Waals surface area contributed by atoms with Gasteiger partial charge in [-0.1, -0.05) is 98.8 Å². The van der Waals surface area contributed by atoms with Crippen LogP contribution in [0.15, 0.2) is 84.9 Å². The van der Waals surface area contributed by atoms with Crippen molar-refractivity contribution in [1.82, 2.24) is 15.5 Å². The minimum absolute atomic E-state index is 0.00174. The molecule has 3 rings (SSSR count). The average Bonchev–Trinajstić information content (AvgIpc) is 3.02. The second kappa shape index (κ2) is 17.4. The van der Waals surface area contributed by atoms with Gasteiger partial charge in [0.15, 0.2) is 6.10 Å². The van der Waals surface area contributed by atoms with Crippen LogP contribution < -0.4 is 10.6 Å². The summed E-state index contributed by atoms with van der Waals surface area (Å²) in [7, 11) is 0. The van der Waals surface area contributed by atoms with E-state index in [1.54, 1.807) is 12.1 Å². The fourth-order valence-corrected chi connectivity index (χ4v) is 4.40. The van der Waals surface area contributed by atoms with Gasteiger partial charge in [-0.05, 0) is 28.2 Å². The summed E-state index contributed by atoms with van der Waals surface area (Å²) in [6, 6.07) is 24.8. The van der Waals surface area contributed by atoms with Crippen LogP contribution in [0, 0.1) is 5.92 Å². The van der Waals surface area contributed by atoms with E-state index in [4.69, 9.17) is 9.47 Å². The highest BCUT2D eigenvalue weighted by Crippen LogP contribution is 2.20. The Morgan fingerprint density at radius 2 is 1.39 bits per heavy atom. The Balaban J connectivity index is 1.70. The Labute approximate surface area is 258 Å². The predicted octanol–water partition coefficient (Wildman–Crippen LogP) is 3.72. The van der Waals surface area contributed by atoms with Crippen LogP contribution in [-0.2, 0) is 36.9 Å². The number of aliphatic hydroxyl groups is 1. The SMILES string of the molecule is CC(=O)NCCOC(=O)[C@H](Cc1ccc(-c2ccccc2)cc1)NC(=O)N(CC(C)C)C[C@H](O)C(=O)OCc1ccccc1. The van der Waals surface area contributed by atoms with E-state index in [9.17, 15) is 24.3 Å². The number of benzene rings is 3. The summed E-state index contributed by atoms with van der Waals surface area (Å²) in [6.07, 6.45) is -1.45. The molecule has 3 aromatic rings. The van der Waals surface area contributed by atoms with E-state index >= 15 is 0 Å². The highest BCUT2D eigenvalue weighted by atomic mass is 16.5. The van der Waals surface area contributed by atoms with Crippen LogP contribution in [0.2, 0.25) is 0 Å². The number of nitrogens with one attached hydrogen (secondary N) is 2. The Morgan fingerprint density at radius 1 is 0.773 bits per heavy atom.